The summed E-state index contributed by atoms with van der Waals surface area (Å²) >= 11 is 6.30. The first-order valence-corrected chi connectivity index (χ1v) is 9.83. The second-order valence-corrected chi connectivity index (χ2v) is 6.98. The van der Waals surface area contributed by atoms with Gasteiger partial charge in [-0.3, -0.25) is 4.79 Å². The van der Waals surface area contributed by atoms with Gasteiger partial charge in [-0.15, -0.1) is 0 Å². The molecule has 1 amide bonds. The van der Waals surface area contributed by atoms with E-state index in [4.69, 9.17) is 21.1 Å². The van der Waals surface area contributed by atoms with Gasteiger partial charge in [-0.1, -0.05) is 23.7 Å². The third kappa shape index (κ3) is 6.49. The van der Waals surface area contributed by atoms with Gasteiger partial charge in [0.15, 0.2) is 18.1 Å². The van der Waals surface area contributed by atoms with Crippen LogP contribution in [0.2, 0.25) is 5.02 Å². The number of halogens is 1. The minimum atomic E-state index is -0.572. The van der Waals surface area contributed by atoms with Crippen molar-refractivity contribution in [1.29, 1.82) is 5.26 Å². The van der Waals surface area contributed by atoms with Crippen LogP contribution in [0.25, 0.3) is 6.08 Å². The lowest BCUT2D eigenvalue weighted by molar-refractivity contribution is -0.142. The van der Waals surface area contributed by atoms with E-state index in [2.05, 4.69) is 10.1 Å². The fourth-order valence-electron chi connectivity index (χ4n) is 2.64. The van der Waals surface area contributed by atoms with Gasteiger partial charge in [0.05, 0.1) is 18.7 Å². The minimum absolute atomic E-state index is 0.109. The molecule has 2 rings (SSSR count). The molecule has 0 aromatic heterocycles. The second kappa shape index (κ2) is 11.0. The predicted octanol–water partition coefficient (Wildman–Crippen LogP) is 4.45. The maximum absolute atomic E-state index is 12.6. The van der Waals surface area contributed by atoms with Gasteiger partial charge in [-0.05, 0) is 61.7 Å². The minimum Gasteiger partial charge on any atom is -0.490 e. The van der Waals surface area contributed by atoms with Gasteiger partial charge < -0.3 is 19.5 Å². The van der Waals surface area contributed by atoms with Gasteiger partial charge in [0.25, 0.3) is 5.91 Å². The highest BCUT2D eigenvalue weighted by Gasteiger charge is 2.16. The van der Waals surface area contributed by atoms with Crippen molar-refractivity contribution in [2.75, 3.05) is 25.6 Å². The van der Waals surface area contributed by atoms with E-state index in [9.17, 15) is 14.9 Å². The topological polar surface area (TPSA) is 97.6 Å². The van der Waals surface area contributed by atoms with Crippen LogP contribution in [-0.2, 0) is 14.3 Å². The number of methoxy groups -OCH3 is 1. The van der Waals surface area contributed by atoms with E-state index >= 15 is 0 Å². The molecule has 0 aliphatic carbocycles. The number of carbonyl (C=O) groups is 2. The fraction of sp³-hybridized carbons (Fsp3) is 0.261. The maximum Gasteiger partial charge on any atom is 0.343 e. The summed E-state index contributed by atoms with van der Waals surface area (Å²) < 4.78 is 15.5. The normalized spacial score (nSPS) is 10.8. The zero-order valence-electron chi connectivity index (χ0n) is 17.7. The van der Waals surface area contributed by atoms with Gasteiger partial charge in [-0.2, -0.15) is 5.26 Å². The number of amides is 1. The fourth-order valence-corrected chi connectivity index (χ4v) is 2.91. The average molecular weight is 443 g/mol. The molecule has 2 aromatic carbocycles. The molecule has 0 bridgehead atoms. The van der Waals surface area contributed by atoms with E-state index in [1.54, 1.807) is 13.0 Å². The highest BCUT2D eigenvalue weighted by Crippen LogP contribution is 2.37. The third-order valence-corrected chi connectivity index (χ3v) is 4.49. The van der Waals surface area contributed by atoms with Crippen LogP contribution in [-0.4, -0.2) is 32.2 Å². The third-order valence-electron chi connectivity index (χ3n) is 4.21. The first kappa shape index (κ1) is 23.8. The Morgan fingerprint density at radius 2 is 1.94 bits per heavy atom. The summed E-state index contributed by atoms with van der Waals surface area (Å²) in [5, 5.41) is 12.4. The molecule has 1 N–H and O–H groups in total. The molecule has 0 atom stereocenters. The first-order chi connectivity index (χ1) is 14.8. The number of nitrogens with one attached hydrogen (secondary N) is 1. The Kier molecular flexibility index (Phi) is 8.47. The van der Waals surface area contributed by atoms with Crippen molar-refractivity contribution < 1.29 is 23.8 Å². The Labute approximate surface area is 186 Å². The summed E-state index contributed by atoms with van der Waals surface area (Å²) in [4.78, 5) is 24.0. The number of benzene rings is 2. The van der Waals surface area contributed by atoms with Crippen LogP contribution in [0.5, 0.6) is 11.5 Å². The van der Waals surface area contributed by atoms with Gasteiger partial charge in [-0.25, -0.2) is 4.79 Å². The van der Waals surface area contributed by atoms with Crippen LogP contribution in [0.4, 0.5) is 5.69 Å². The van der Waals surface area contributed by atoms with Gasteiger partial charge in [0.1, 0.15) is 11.6 Å². The van der Waals surface area contributed by atoms with Crippen LogP contribution < -0.4 is 14.8 Å². The van der Waals surface area contributed by atoms with Crippen molar-refractivity contribution in [2.45, 2.75) is 20.8 Å². The number of anilines is 1. The standard InChI is InChI=1S/C23H23ClN2O5/c1-5-30-20-11-16(10-18(24)22(20)31-13-21(27)29-4)9-17(12-25)23(28)26-19-8-14(2)6-7-15(19)3/h6-11H,5,13H2,1-4H3,(H,26,28)/b17-9+. The van der Waals surface area contributed by atoms with Crippen molar-refractivity contribution in [3.8, 4) is 17.6 Å². The number of esters is 1. The Morgan fingerprint density at radius 3 is 2.58 bits per heavy atom. The summed E-state index contributed by atoms with van der Waals surface area (Å²) in [6.07, 6.45) is 1.40. The van der Waals surface area contributed by atoms with Crippen LogP contribution in [0, 0.1) is 25.2 Å². The van der Waals surface area contributed by atoms with E-state index in [0.717, 1.165) is 11.1 Å². The molecular weight excluding hydrogens is 420 g/mol. The smallest absolute Gasteiger partial charge is 0.343 e. The molecule has 0 radical (unpaired) electrons. The van der Waals surface area contributed by atoms with Crippen molar-refractivity contribution >= 4 is 35.2 Å². The van der Waals surface area contributed by atoms with Gasteiger partial charge in [0.2, 0.25) is 0 Å². The molecule has 2 aromatic rings. The lowest BCUT2D eigenvalue weighted by atomic mass is 10.1. The summed E-state index contributed by atoms with van der Waals surface area (Å²) in [6.45, 7) is 5.53. The highest BCUT2D eigenvalue weighted by atomic mass is 35.5. The maximum atomic E-state index is 12.6. The number of nitriles is 1. The average Bonchev–Trinajstić information content (AvgIpc) is 2.73. The van der Waals surface area contributed by atoms with Crippen molar-refractivity contribution in [3.63, 3.8) is 0 Å². The van der Waals surface area contributed by atoms with Crippen molar-refractivity contribution in [3.05, 3.63) is 57.6 Å². The van der Waals surface area contributed by atoms with E-state index in [1.165, 1.54) is 19.3 Å². The van der Waals surface area contributed by atoms with Crippen molar-refractivity contribution in [1.82, 2.24) is 0 Å². The number of nitrogens with zero attached hydrogens (tertiary/aromatic N) is 1. The molecular formula is C23H23ClN2O5. The Hall–Kier alpha value is -3.50. The summed E-state index contributed by atoms with van der Waals surface area (Å²) in [6, 6.07) is 10.7. The van der Waals surface area contributed by atoms with E-state index in [1.807, 2.05) is 38.1 Å². The molecule has 31 heavy (non-hydrogen) atoms. The first-order valence-electron chi connectivity index (χ1n) is 9.45. The highest BCUT2D eigenvalue weighted by molar-refractivity contribution is 6.32. The number of carbonyl (C=O) groups excluding carboxylic acids is 2. The van der Waals surface area contributed by atoms with Gasteiger partial charge >= 0.3 is 5.97 Å². The van der Waals surface area contributed by atoms with Crippen LogP contribution >= 0.6 is 11.6 Å². The molecule has 8 heteroatoms. The van der Waals surface area contributed by atoms with Crippen LogP contribution in [0.1, 0.15) is 23.6 Å². The number of hydrogen-bond donors (Lipinski definition) is 1. The molecule has 0 spiro atoms. The molecule has 0 heterocycles. The van der Waals surface area contributed by atoms with E-state index < -0.39 is 11.9 Å². The molecule has 0 fully saturated rings. The SMILES string of the molecule is CCOc1cc(/C=C(\C#N)C(=O)Nc2cc(C)ccc2C)cc(Cl)c1OCC(=O)OC. The number of aryl methyl sites for hydroxylation is 2. The molecule has 0 aliphatic heterocycles. The monoisotopic (exact) mass is 442 g/mol. The predicted molar refractivity (Wildman–Crippen MR) is 118 cm³/mol. The zero-order valence-corrected chi connectivity index (χ0v) is 18.5. The van der Waals surface area contributed by atoms with Crippen LogP contribution in [0.3, 0.4) is 0 Å². The lowest BCUT2D eigenvalue weighted by Crippen LogP contribution is -2.14. The summed E-state index contributed by atoms with van der Waals surface area (Å²) in [7, 11) is 1.25. The van der Waals surface area contributed by atoms with E-state index in [0.29, 0.717) is 17.9 Å². The molecule has 0 aliphatic rings. The lowest BCUT2D eigenvalue weighted by Gasteiger charge is -2.14. The van der Waals surface area contributed by atoms with Crippen LogP contribution in [0.15, 0.2) is 35.9 Å². The largest absolute Gasteiger partial charge is 0.490 e. The van der Waals surface area contributed by atoms with Crippen molar-refractivity contribution in [2.24, 2.45) is 0 Å². The zero-order chi connectivity index (χ0) is 23.0. The number of ether oxygens (including phenoxy) is 3. The Balaban J connectivity index is 2.34. The molecule has 0 unspecified atom stereocenters. The van der Waals surface area contributed by atoms with E-state index in [-0.39, 0.29) is 28.7 Å². The summed E-state index contributed by atoms with van der Waals surface area (Å²) in [5.74, 6) is -0.671. The Morgan fingerprint density at radius 1 is 1.19 bits per heavy atom. The Bertz CT molecular complexity index is 1060. The second-order valence-electron chi connectivity index (χ2n) is 6.57. The quantitative estimate of drug-likeness (QED) is 0.368. The van der Waals surface area contributed by atoms with Gasteiger partial charge in [0, 0.05) is 5.69 Å². The molecule has 0 saturated carbocycles. The molecule has 7 nitrogen and oxygen atoms in total. The molecule has 0 saturated heterocycles. The number of rotatable bonds is 8. The molecule has 162 valence electrons. The summed E-state index contributed by atoms with van der Waals surface area (Å²) in [5.41, 5.74) is 2.85. The number of hydrogen-bond acceptors (Lipinski definition) is 6.